The fraction of sp³-hybridized carbons (Fsp3) is 0.111. The van der Waals surface area contributed by atoms with Crippen molar-refractivity contribution in [2.45, 2.75) is 11.8 Å². The van der Waals surface area contributed by atoms with Crippen LogP contribution in [0.25, 0.3) is 11.3 Å². The fourth-order valence-corrected chi connectivity index (χ4v) is 4.71. The maximum Gasteiger partial charge on any atom is 0.263 e. The maximum atomic E-state index is 13.4. The van der Waals surface area contributed by atoms with E-state index >= 15 is 0 Å². The molecule has 7 nitrogen and oxygen atoms in total. The molecule has 1 amide bonds. The molecule has 2 N–H and O–H groups in total. The number of anilines is 2. The van der Waals surface area contributed by atoms with E-state index in [2.05, 4.69) is 15.0 Å². The summed E-state index contributed by atoms with van der Waals surface area (Å²) in [5, 5.41) is 4.59. The summed E-state index contributed by atoms with van der Waals surface area (Å²) in [5.41, 5.74) is 2.01. The van der Waals surface area contributed by atoms with Gasteiger partial charge in [0, 0.05) is 10.9 Å². The monoisotopic (exact) mass is 419 g/mol. The van der Waals surface area contributed by atoms with Crippen LogP contribution in [0.4, 0.5) is 15.2 Å². The second-order valence-electron chi connectivity index (χ2n) is 6.10. The minimum atomic E-state index is -3.89. The Bertz CT molecular complexity index is 1190. The zero-order valence-corrected chi connectivity index (χ0v) is 16.2. The molecule has 1 aliphatic heterocycles. The van der Waals surface area contributed by atoms with Crippen molar-refractivity contribution >= 4 is 38.1 Å². The van der Waals surface area contributed by atoms with Gasteiger partial charge in [-0.05, 0) is 48.9 Å². The van der Waals surface area contributed by atoms with Crippen LogP contribution in [0.3, 0.4) is 0 Å². The molecule has 10 heteroatoms. The van der Waals surface area contributed by atoms with Crippen LogP contribution in [-0.4, -0.2) is 25.9 Å². The fourth-order valence-electron chi connectivity index (χ4n) is 2.65. The number of aromatic nitrogens is 1. The molecular formula is C18H14FN3O4S2. The number of ether oxygens (including phenoxy) is 1. The number of aryl methyl sites for hydroxylation is 1. The van der Waals surface area contributed by atoms with E-state index in [-0.39, 0.29) is 28.1 Å². The van der Waals surface area contributed by atoms with Gasteiger partial charge >= 0.3 is 0 Å². The van der Waals surface area contributed by atoms with Crippen LogP contribution < -0.4 is 14.8 Å². The van der Waals surface area contributed by atoms with Crippen molar-refractivity contribution in [3.8, 4) is 17.0 Å². The lowest BCUT2D eigenvalue weighted by Gasteiger charge is -2.18. The molecule has 1 aliphatic rings. The first-order valence-electron chi connectivity index (χ1n) is 8.13. The van der Waals surface area contributed by atoms with E-state index in [1.165, 1.54) is 19.1 Å². The number of halogens is 1. The summed E-state index contributed by atoms with van der Waals surface area (Å²) in [5.74, 6) is -0.156. The maximum absolute atomic E-state index is 13.4. The van der Waals surface area contributed by atoms with E-state index in [9.17, 15) is 17.6 Å². The van der Waals surface area contributed by atoms with Gasteiger partial charge in [0.05, 0.1) is 16.3 Å². The topological polar surface area (TPSA) is 97.4 Å². The standard InChI is InChI=1S/C18H14FN3O4S2/c1-10-6-12(3-4-13(10)19)28(24,25)22-18-21-15(9-27-18)11-2-5-16-14(7-11)20-17(23)8-26-16/h2-7,9H,8H2,1H3,(H,20,23)(H,21,22). The van der Waals surface area contributed by atoms with Gasteiger partial charge in [-0.1, -0.05) is 0 Å². The van der Waals surface area contributed by atoms with Gasteiger partial charge in [0.2, 0.25) is 0 Å². The van der Waals surface area contributed by atoms with Crippen molar-refractivity contribution < 1.29 is 22.3 Å². The molecule has 0 bridgehead atoms. The number of carbonyl (C=O) groups excluding carboxylic acids is 1. The molecule has 0 saturated heterocycles. The van der Waals surface area contributed by atoms with Gasteiger partial charge in [0.15, 0.2) is 11.7 Å². The highest BCUT2D eigenvalue weighted by molar-refractivity contribution is 7.93. The lowest BCUT2D eigenvalue weighted by atomic mass is 10.1. The predicted octanol–water partition coefficient (Wildman–Crippen LogP) is 3.39. The van der Waals surface area contributed by atoms with E-state index in [0.29, 0.717) is 22.7 Å². The average molecular weight is 419 g/mol. The van der Waals surface area contributed by atoms with Crippen LogP contribution in [0.1, 0.15) is 5.56 Å². The van der Waals surface area contributed by atoms with Crippen LogP contribution in [0.5, 0.6) is 5.75 Å². The molecule has 0 saturated carbocycles. The number of nitrogens with zero attached hydrogens (tertiary/aromatic N) is 1. The molecule has 0 spiro atoms. The Hall–Kier alpha value is -2.98. The number of thiazole rings is 1. The SMILES string of the molecule is Cc1cc(S(=O)(=O)Nc2nc(-c3ccc4c(c3)NC(=O)CO4)cs2)ccc1F. The highest BCUT2D eigenvalue weighted by Crippen LogP contribution is 2.34. The summed E-state index contributed by atoms with van der Waals surface area (Å²) in [6, 6.07) is 8.77. The Kier molecular flexibility index (Phi) is 4.52. The normalized spacial score (nSPS) is 13.4. The van der Waals surface area contributed by atoms with Gasteiger partial charge in [-0.2, -0.15) is 0 Å². The van der Waals surface area contributed by atoms with Gasteiger partial charge in [-0.15, -0.1) is 11.3 Å². The summed E-state index contributed by atoms with van der Waals surface area (Å²) in [6.07, 6.45) is 0. The highest BCUT2D eigenvalue weighted by Gasteiger charge is 2.19. The molecule has 28 heavy (non-hydrogen) atoms. The largest absolute Gasteiger partial charge is 0.482 e. The van der Waals surface area contributed by atoms with E-state index in [1.54, 1.807) is 23.6 Å². The Morgan fingerprint density at radius 2 is 2.07 bits per heavy atom. The molecule has 144 valence electrons. The third-order valence-corrected chi connectivity index (χ3v) is 6.30. The quantitative estimate of drug-likeness (QED) is 0.676. The number of nitrogens with one attached hydrogen (secondary N) is 2. The molecule has 3 aromatic rings. The second kappa shape index (κ2) is 6.88. The molecular weight excluding hydrogens is 405 g/mol. The molecule has 0 atom stereocenters. The molecule has 0 fully saturated rings. The van der Waals surface area contributed by atoms with Gasteiger partial charge in [-0.3, -0.25) is 9.52 Å². The number of amides is 1. The smallest absolute Gasteiger partial charge is 0.263 e. The molecule has 0 unspecified atom stereocenters. The molecule has 0 radical (unpaired) electrons. The number of sulfonamides is 1. The third-order valence-electron chi connectivity index (χ3n) is 4.07. The highest BCUT2D eigenvalue weighted by atomic mass is 32.2. The van der Waals surface area contributed by atoms with Crippen molar-refractivity contribution in [1.29, 1.82) is 0 Å². The van der Waals surface area contributed by atoms with Crippen LogP contribution in [-0.2, 0) is 14.8 Å². The van der Waals surface area contributed by atoms with Gasteiger partial charge in [0.1, 0.15) is 11.6 Å². The van der Waals surface area contributed by atoms with Gasteiger partial charge in [-0.25, -0.2) is 17.8 Å². The number of hydrogen-bond donors (Lipinski definition) is 2. The first-order valence-corrected chi connectivity index (χ1v) is 10.5. The minimum absolute atomic E-state index is 0.0299. The van der Waals surface area contributed by atoms with Crippen LogP contribution in [0.2, 0.25) is 0 Å². The third kappa shape index (κ3) is 3.56. The zero-order valence-electron chi connectivity index (χ0n) is 14.5. The Morgan fingerprint density at radius 3 is 2.86 bits per heavy atom. The van der Waals surface area contributed by atoms with Crippen molar-refractivity contribution in [1.82, 2.24) is 4.98 Å². The minimum Gasteiger partial charge on any atom is -0.482 e. The summed E-state index contributed by atoms with van der Waals surface area (Å²) in [6.45, 7) is 1.46. The lowest BCUT2D eigenvalue weighted by molar-refractivity contribution is -0.118. The van der Waals surface area contributed by atoms with Crippen LogP contribution >= 0.6 is 11.3 Å². The summed E-state index contributed by atoms with van der Waals surface area (Å²) in [7, 11) is -3.89. The summed E-state index contributed by atoms with van der Waals surface area (Å²) >= 11 is 1.12. The van der Waals surface area contributed by atoms with Crippen LogP contribution in [0.15, 0.2) is 46.7 Å². The molecule has 4 rings (SSSR count). The number of benzene rings is 2. The number of fused-ring (bicyclic) bond motifs is 1. The Morgan fingerprint density at radius 1 is 1.25 bits per heavy atom. The molecule has 2 heterocycles. The number of hydrogen-bond acceptors (Lipinski definition) is 6. The van der Waals surface area contributed by atoms with E-state index in [0.717, 1.165) is 17.4 Å². The molecule has 2 aromatic carbocycles. The summed E-state index contributed by atoms with van der Waals surface area (Å²) in [4.78, 5) is 15.7. The number of rotatable bonds is 4. The Balaban J connectivity index is 1.59. The van der Waals surface area contributed by atoms with E-state index in [1.807, 2.05) is 0 Å². The van der Waals surface area contributed by atoms with Crippen molar-refractivity contribution in [3.05, 3.63) is 53.2 Å². The summed E-state index contributed by atoms with van der Waals surface area (Å²) < 4.78 is 46.1. The predicted molar refractivity (Wildman–Crippen MR) is 104 cm³/mol. The van der Waals surface area contributed by atoms with E-state index in [4.69, 9.17) is 4.74 Å². The van der Waals surface area contributed by atoms with Crippen molar-refractivity contribution in [2.24, 2.45) is 0 Å². The zero-order chi connectivity index (χ0) is 19.9. The average Bonchev–Trinajstić information content (AvgIpc) is 3.11. The Labute approximate surface area is 164 Å². The van der Waals surface area contributed by atoms with Gasteiger partial charge < -0.3 is 10.1 Å². The van der Waals surface area contributed by atoms with Crippen LogP contribution in [0, 0.1) is 12.7 Å². The molecule has 1 aromatic heterocycles. The molecule has 0 aliphatic carbocycles. The van der Waals surface area contributed by atoms with Gasteiger partial charge in [0.25, 0.3) is 15.9 Å². The first-order chi connectivity index (χ1) is 13.3. The number of carbonyl (C=O) groups is 1. The van der Waals surface area contributed by atoms with Crippen molar-refractivity contribution in [3.63, 3.8) is 0 Å². The van der Waals surface area contributed by atoms with Crippen molar-refractivity contribution in [2.75, 3.05) is 16.6 Å². The lowest BCUT2D eigenvalue weighted by Crippen LogP contribution is -2.25. The first kappa shape index (κ1) is 18.4. The second-order valence-corrected chi connectivity index (χ2v) is 8.64. The van der Waals surface area contributed by atoms with E-state index < -0.39 is 15.8 Å².